The monoisotopic (exact) mass is 330 g/mol. The van der Waals surface area contributed by atoms with Crippen molar-refractivity contribution in [3.05, 3.63) is 35.4 Å². The van der Waals surface area contributed by atoms with Crippen molar-refractivity contribution in [1.82, 2.24) is 5.32 Å². The summed E-state index contributed by atoms with van der Waals surface area (Å²) in [5.41, 5.74) is 4.59. The highest BCUT2D eigenvalue weighted by Crippen LogP contribution is 2.29. The summed E-state index contributed by atoms with van der Waals surface area (Å²) in [4.78, 5) is 15.0. The molecule has 0 amide bonds. The van der Waals surface area contributed by atoms with Crippen LogP contribution in [0, 0.1) is 5.40 Å². The molecule has 6 nitrogen and oxygen atoms in total. The molecule has 0 bridgehead atoms. The fourth-order valence-corrected chi connectivity index (χ4v) is 1.74. The Morgan fingerprint density at radius 3 is 2.91 bits per heavy atom. The van der Waals surface area contributed by atoms with Crippen molar-refractivity contribution in [3.63, 3.8) is 0 Å². The van der Waals surface area contributed by atoms with E-state index in [1.54, 1.807) is 0 Å². The van der Waals surface area contributed by atoms with Gasteiger partial charge in [-0.25, -0.2) is 4.79 Å². The third kappa shape index (κ3) is 6.81. The number of rotatable bonds is 7. The van der Waals surface area contributed by atoms with Gasteiger partial charge in [-0.05, 0) is 30.5 Å². The molecule has 126 valence electrons. The maximum atomic E-state index is 12.6. The number of hydrogen-bond acceptors (Lipinski definition) is 3. The fourth-order valence-electron chi connectivity index (χ4n) is 1.74. The number of aliphatic imine (C=N–C) groups is 1. The van der Waals surface area contributed by atoms with Gasteiger partial charge in [0.2, 0.25) is 0 Å². The van der Waals surface area contributed by atoms with E-state index in [2.05, 4.69) is 15.7 Å². The molecule has 0 spiro atoms. The molecular weight excluding hydrogens is 313 g/mol. The van der Waals surface area contributed by atoms with E-state index in [1.807, 2.05) is 0 Å². The lowest BCUT2D eigenvalue weighted by molar-refractivity contribution is -0.139. The van der Waals surface area contributed by atoms with Gasteiger partial charge in [-0.3, -0.25) is 10.4 Å². The highest BCUT2D eigenvalue weighted by atomic mass is 19.4. The van der Waals surface area contributed by atoms with Crippen LogP contribution in [0.2, 0.25) is 1.41 Å². The number of carbonyl (C=O) groups is 1. The number of hydrogen-bond donors (Lipinski definition) is 4. The van der Waals surface area contributed by atoms with Crippen molar-refractivity contribution in [2.45, 2.75) is 25.1 Å². The van der Waals surface area contributed by atoms with E-state index >= 15 is 0 Å². The number of nitrogens with two attached hydrogens (primary N) is 1. The van der Waals surface area contributed by atoms with Gasteiger partial charge in [-0.2, -0.15) is 13.2 Å². The van der Waals surface area contributed by atoms with Crippen molar-refractivity contribution in [2.24, 2.45) is 10.7 Å². The Hall–Kier alpha value is -2.58. The summed E-state index contributed by atoms with van der Waals surface area (Å²) in [5.74, 6) is -1.27. The quantitative estimate of drug-likeness (QED) is 0.347. The summed E-state index contributed by atoms with van der Waals surface area (Å²) in [6.07, 6.45) is -2.82. The van der Waals surface area contributed by atoms with Gasteiger partial charge in [0.15, 0.2) is 7.37 Å². The molecule has 0 radical (unpaired) electrons. The van der Waals surface area contributed by atoms with Crippen LogP contribution >= 0.6 is 0 Å². The first kappa shape index (κ1) is 16.8. The van der Waals surface area contributed by atoms with E-state index in [9.17, 15) is 18.0 Å². The molecule has 1 rings (SSSR count). The minimum atomic E-state index is -4.47. The van der Waals surface area contributed by atoms with Crippen molar-refractivity contribution < 1.29 is 24.5 Å². The summed E-state index contributed by atoms with van der Waals surface area (Å²) in [5, 5.41) is 14.6. The van der Waals surface area contributed by atoms with E-state index in [-0.39, 0.29) is 17.9 Å². The molecule has 0 aliphatic heterocycles. The first-order chi connectivity index (χ1) is 11.2. The zero-order chi connectivity index (χ0) is 18.2. The van der Waals surface area contributed by atoms with Gasteiger partial charge in [0.05, 0.1) is 5.56 Å². The van der Waals surface area contributed by atoms with Gasteiger partial charge >= 0.3 is 12.1 Å². The minimum absolute atomic E-state index is 0.0886. The summed E-state index contributed by atoms with van der Waals surface area (Å²) in [7, 11) is 0. The molecule has 9 heteroatoms. The van der Waals surface area contributed by atoms with E-state index in [1.165, 1.54) is 12.1 Å². The Morgan fingerprint density at radius 1 is 1.57 bits per heavy atom. The number of guanidine groups is 1. The predicted molar refractivity (Wildman–Crippen MR) is 79.6 cm³/mol. The molecule has 0 aliphatic rings. The Labute approximate surface area is 132 Å². The summed E-state index contributed by atoms with van der Waals surface area (Å²) in [6, 6.07) is 3.37. The fraction of sp³-hybridized carbons (Fsp3) is 0.357. The third-order valence-electron chi connectivity index (χ3n) is 2.86. The van der Waals surface area contributed by atoms with Crippen LogP contribution in [0.5, 0.6) is 0 Å². The lowest BCUT2D eigenvalue weighted by Gasteiger charge is -2.09. The molecule has 0 saturated heterocycles. The van der Waals surface area contributed by atoms with Crippen LogP contribution in [0.3, 0.4) is 0 Å². The van der Waals surface area contributed by atoms with Gasteiger partial charge in [-0.1, -0.05) is 12.1 Å². The topological polar surface area (TPSA) is 112 Å². The number of aliphatic carboxylic acids is 1. The third-order valence-corrected chi connectivity index (χ3v) is 2.86. The molecule has 1 aromatic rings. The first-order valence-electron chi connectivity index (χ1n) is 7.13. The molecule has 5 N–H and O–H groups in total. The van der Waals surface area contributed by atoms with Crippen molar-refractivity contribution in [1.29, 1.82) is 5.40 Å². The van der Waals surface area contributed by atoms with Crippen LogP contribution in [-0.2, 0) is 11.0 Å². The van der Waals surface area contributed by atoms with Crippen molar-refractivity contribution in [3.8, 4) is 0 Å². The highest BCUT2D eigenvalue weighted by Gasteiger charge is 2.30. The van der Waals surface area contributed by atoms with Gasteiger partial charge in [0.25, 0.3) is 0 Å². The van der Waals surface area contributed by atoms with E-state index < -0.39 is 23.8 Å². The number of nitrogens with zero attached hydrogens (tertiary/aromatic N) is 1. The largest absolute Gasteiger partial charge is 0.480 e. The lowest BCUT2D eigenvalue weighted by atomic mass is 10.1. The van der Waals surface area contributed by atoms with Gasteiger partial charge in [-0.15, -0.1) is 0 Å². The normalized spacial score (nSPS) is 14.6. The Balaban J connectivity index is 2.68. The van der Waals surface area contributed by atoms with Crippen LogP contribution < -0.4 is 11.1 Å². The molecule has 0 fully saturated rings. The second-order valence-corrected chi connectivity index (χ2v) is 4.71. The first-order valence-corrected chi connectivity index (χ1v) is 6.68. The van der Waals surface area contributed by atoms with Crippen LogP contribution in [0.15, 0.2) is 29.3 Å². The van der Waals surface area contributed by atoms with Gasteiger partial charge < -0.3 is 16.2 Å². The van der Waals surface area contributed by atoms with Crippen molar-refractivity contribution in [2.75, 3.05) is 6.54 Å². The highest BCUT2D eigenvalue weighted by molar-refractivity contribution is 5.83. The van der Waals surface area contributed by atoms with Gasteiger partial charge in [0.1, 0.15) is 6.04 Å². The Morgan fingerprint density at radius 2 is 2.30 bits per heavy atom. The van der Waals surface area contributed by atoms with E-state index in [4.69, 9.17) is 12.3 Å². The zero-order valence-corrected chi connectivity index (χ0v) is 12.0. The lowest BCUT2D eigenvalue weighted by Crippen LogP contribution is -2.31. The smallest absolute Gasteiger partial charge is 0.416 e. The van der Waals surface area contributed by atoms with Crippen LogP contribution in [-0.4, -0.2) is 35.8 Å². The van der Waals surface area contributed by atoms with E-state index in [0.29, 0.717) is 13.0 Å². The number of alkyl halides is 3. The molecule has 0 unspecified atom stereocenters. The molecule has 23 heavy (non-hydrogen) atoms. The molecular formula is C14H17F3N4O2. The van der Waals surface area contributed by atoms with Crippen LogP contribution in [0.1, 0.15) is 24.0 Å². The molecule has 1 atom stereocenters. The standard InChI is InChI=1S/C14H17F3N4O2/c15-14(16,17)10-4-1-3-9(7-10)8-21-11(12(22)23)5-2-6-20-13(18)19/h1,3-4,7-8,11H,2,5-6H2,(H,22,23)(H4,18,19,20)/t11-/m0/s1. The maximum absolute atomic E-state index is 12.6. The van der Waals surface area contributed by atoms with E-state index in [0.717, 1.165) is 18.3 Å². The molecule has 1 aromatic carbocycles. The van der Waals surface area contributed by atoms with Crippen LogP contribution in [0.4, 0.5) is 13.2 Å². The number of benzene rings is 1. The maximum Gasteiger partial charge on any atom is 0.416 e. The number of halogens is 3. The molecule has 0 saturated carbocycles. The average molecular weight is 330 g/mol. The molecule has 0 heterocycles. The average Bonchev–Trinajstić information content (AvgIpc) is 2.52. The van der Waals surface area contributed by atoms with Crippen LogP contribution in [0.25, 0.3) is 0 Å². The van der Waals surface area contributed by atoms with Crippen molar-refractivity contribution >= 4 is 18.1 Å². The summed E-state index contributed by atoms with van der Waals surface area (Å²) < 4.78 is 44.5. The minimum Gasteiger partial charge on any atom is -0.480 e. The van der Waals surface area contributed by atoms with Gasteiger partial charge in [0, 0.05) is 12.8 Å². The number of nitrogens with one attached hydrogen (secondary N) is 2. The number of carboxylic acid groups (broad SMARTS) is 1. The molecule has 0 aromatic heterocycles. The Kier molecular flexibility index (Phi) is 5.95. The summed E-state index contributed by atoms with van der Waals surface area (Å²) in [6.45, 7) is 0.303. The second kappa shape index (κ2) is 8.16. The zero-order valence-electron chi connectivity index (χ0n) is 13.0. The molecule has 0 aliphatic carbocycles. The number of carboxylic acids is 1. The summed E-state index contributed by atoms with van der Waals surface area (Å²) >= 11 is 0. The SMILES string of the molecule is [H]/N=C(\N)NCCC[C@H](N=Cc1cccc(C(F)(F)F)c1)C(=O)O. The predicted octanol–water partition coefficient (Wildman–Crippen LogP) is 1.84. The second-order valence-electron chi connectivity index (χ2n) is 4.71. The Bertz CT molecular complexity index is 620.